The van der Waals surface area contributed by atoms with E-state index in [2.05, 4.69) is 4.29 Å². The van der Waals surface area contributed by atoms with Crippen LogP contribution in [-0.4, -0.2) is 24.8 Å². The second-order valence-electron chi connectivity index (χ2n) is 1.73. The third-order valence-corrected chi connectivity index (χ3v) is 1.22. The molecule has 0 aliphatic carbocycles. The van der Waals surface area contributed by atoms with E-state index in [0.717, 1.165) is 0 Å². The van der Waals surface area contributed by atoms with Crippen LogP contribution in [0.4, 0.5) is 0 Å². The van der Waals surface area contributed by atoms with Gasteiger partial charge in [0, 0.05) is 0 Å². The van der Waals surface area contributed by atoms with Crippen molar-refractivity contribution in [3.63, 3.8) is 0 Å². The molecule has 0 amide bonds. The van der Waals surface area contributed by atoms with E-state index in [0.29, 0.717) is 5.56 Å². The third-order valence-electron chi connectivity index (χ3n) is 1.08. The molecule has 0 bridgehead atoms. The molecule has 54 valence electrons. The van der Waals surface area contributed by atoms with Crippen molar-refractivity contribution in [2.24, 2.45) is 0 Å². The van der Waals surface area contributed by atoms with Gasteiger partial charge in [0.1, 0.15) is 11.9 Å². The molecule has 0 aromatic heterocycles. The number of hydrogen-bond acceptors (Lipinski definition) is 2. The van der Waals surface area contributed by atoms with Crippen LogP contribution in [0.25, 0.3) is 0 Å². The van der Waals surface area contributed by atoms with Crippen LogP contribution >= 0.6 is 11.9 Å². The molecule has 4 heteroatoms. The number of carbonyl (C=O) groups excluding carboxylic acids is 1. The Morgan fingerprint density at radius 2 is 1.82 bits per heavy atom. The maximum atomic E-state index is 10.7. The van der Waals surface area contributed by atoms with Crippen molar-refractivity contribution in [1.29, 1.82) is 0 Å². The Labute approximate surface area is 81.8 Å². The molecule has 0 saturated heterocycles. The second kappa shape index (κ2) is 5.26. The normalized spacial score (nSPS) is 8.09. The van der Waals surface area contributed by atoms with Gasteiger partial charge >= 0.3 is 24.8 Å². The van der Waals surface area contributed by atoms with Crippen LogP contribution in [-0.2, 0) is 4.29 Å². The van der Waals surface area contributed by atoms with Gasteiger partial charge in [0.15, 0.2) is 0 Å². The molecule has 0 heterocycles. The Balaban J connectivity index is 0.000001000. The summed E-state index contributed by atoms with van der Waals surface area (Å²) in [7, 11) is 0. The third kappa shape index (κ3) is 2.98. The molecule has 1 aromatic carbocycles. The predicted molar refractivity (Wildman–Crippen MR) is 44.9 cm³/mol. The molecule has 0 radical (unpaired) electrons. The van der Waals surface area contributed by atoms with Crippen molar-refractivity contribution >= 4 is 36.7 Å². The van der Waals surface area contributed by atoms with Gasteiger partial charge in [-0.15, -0.1) is 0 Å². The van der Waals surface area contributed by atoms with E-state index >= 15 is 0 Å². The first kappa shape index (κ1) is 10.6. The Morgan fingerprint density at radius 3 is 2.27 bits per heavy atom. The minimum absolute atomic E-state index is 0. The van der Waals surface area contributed by atoms with Crippen LogP contribution in [0.2, 0.25) is 0 Å². The first-order valence-corrected chi connectivity index (χ1v) is 3.03. The summed E-state index contributed by atoms with van der Waals surface area (Å²) in [5.74, 6) is -0.526. The Morgan fingerprint density at radius 1 is 1.27 bits per heavy atom. The zero-order chi connectivity index (χ0) is 7.40. The van der Waals surface area contributed by atoms with Crippen LogP contribution in [0.15, 0.2) is 30.3 Å². The van der Waals surface area contributed by atoms with Crippen molar-refractivity contribution < 1.29 is 9.08 Å². The van der Waals surface area contributed by atoms with E-state index in [4.69, 9.17) is 11.9 Å². The number of rotatable bonds is 1. The van der Waals surface area contributed by atoms with Crippen LogP contribution in [0.5, 0.6) is 0 Å². The fraction of sp³-hybridized carbons (Fsp3) is 0. The number of benzene rings is 1. The number of halogens is 1. The zero-order valence-electron chi connectivity index (χ0n) is 5.08. The Hall–Kier alpha value is -0.423. The number of hydrogen-bond donors (Lipinski definition) is 0. The van der Waals surface area contributed by atoms with Gasteiger partial charge in [-0.1, -0.05) is 18.2 Å². The summed E-state index contributed by atoms with van der Waals surface area (Å²) in [5.41, 5.74) is 0.456. The average molecular weight is 165 g/mol. The molecule has 0 aliphatic heterocycles. The van der Waals surface area contributed by atoms with E-state index in [1.54, 1.807) is 24.3 Å². The van der Waals surface area contributed by atoms with Crippen molar-refractivity contribution in [2.75, 3.05) is 0 Å². The van der Waals surface area contributed by atoms with Gasteiger partial charge in [-0.2, -0.15) is 0 Å². The zero-order valence-corrected chi connectivity index (χ0v) is 5.84. The predicted octanol–water partition coefficient (Wildman–Crippen LogP) is 1.35. The first-order chi connectivity index (χ1) is 4.84. The molecule has 0 unspecified atom stereocenters. The van der Waals surface area contributed by atoms with Gasteiger partial charge in [0.2, 0.25) is 0 Å². The van der Waals surface area contributed by atoms with E-state index in [1.807, 2.05) is 6.07 Å². The van der Waals surface area contributed by atoms with Gasteiger partial charge in [0.05, 0.1) is 5.56 Å². The summed E-state index contributed by atoms with van der Waals surface area (Å²) in [6.07, 6.45) is 0. The monoisotopic (exact) mass is 164 g/mol. The number of carbonyl (C=O) groups is 1. The van der Waals surface area contributed by atoms with Crippen molar-refractivity contribution in [3.05, 3.63) is 35.9 Å². The van der Waals surface area contributed by atoms with Crippen LogP contribution in [0.1, 0.15) is 10.4 Å². The Kier molecular flexibility index (Phi) is 5.06. The van der Waals surface area contributed by atoms with Gasteiger partial charge < -0.3 is 4.29 Å². The SMILES string of the molecule is O=C(OCl)c1ccccc1.[LiH]. The summed E-state index contributed by atoms with van der Waals surface area (Å²) in [6, 6.07) is 8.55. The van der Waals surface area contributed by atoms with Gasteiger partial charge in [0.25, 0.3) is 0 Å². The minimum atomic E-state index is -0.526. The van der Waals surface area contributed by atoms with Crippen molar-refractivity contribution in [1.82, 2.24) is 0 Å². The van der Waals surface area contributed by atoms with Crippen molar-refractivity contribution in [2.45, 2.75) is 0 Å². The second-order valence-corrected chi connectivity index (χ2v) is 1.88. The summed E-state index contributed by atoms with van der Waals surface area (Å²) in [4.78, 5) is 10.7. The standard InChI is InChI=1S/C7H5ClO2.Li.H/c8-10-7(9)6-4-2-1-3-5-6;;/h1-5H;;. The van der Waals surface area contributed by atoms with Crippen molar-refractivity contribution in [3.8, 4) is 0 Å². The quantitative estimate of drug-likeness (QED) is 0.586. The maximum absolute atomic E-state index is 10.7. The van der Waals surface area contributed by atoms with Crippen LogP contribution in [0, 0.1) is 0 Å². The van der Waals surface area contributed by atoms with Gasteiger partial charge in [-0.3, -0.25) is 0 Å². The molecule has 1 aromatic rings. The fourth-order valence-corrected chi connectivity index (χ4v) is 0.708. The molecule has 11 heavy (non-hydrogen) atoms. The molecular weight excluding hydrogens is 158 g/mol. The van der Waals surface area contributed by atoms with Crippen LogP contribution < -0.4 is 0 Å². The Bertz CT molecular complexity index is 225. The van der Waals surface area contributed by atoms with Gasteiger partial charge in [-0.05, 0) is 12.1 Å². The topological polar surface area (TPSA) is 26.3 Å². The molecule has 0 saturated carbocycles. The summed E-state index contributed by atoms with van der Waals surface area (Å²) in [6.45, 7) is 0. The molecule has 1 rings (SSSR count). The fourth-order valence-electron chi connectivity index (χ4n) is 0.619. The van der Waals surface area contributed by atoms with E-state index in [1.165, 1.54) is 0 Å². The van der Waals surface area contributed by atoms with Crippen LogP contribution in [0.3, 0.4) is 0 Å². The molecule has 0 aliphatic rings. The molecule has 0 fully saturated rings. The summed E-state index contributed by atoms with van der Waals surface area (Å²) in [5, 5.41) is 0. The van der Waals surface area contributed by atoms with E-state index in [9.17, 15) is 4.79 Å². The summed E-state index contributed by atoms with van der Waals surface area (Å²) < 4.78 is 3.97. The van der Waals surface area contributed by atoms with E-state index < -0.39 is 5.97 Å². The molecule has 0 N–H and O–H groups in total. The molecule has 0 spiro atoms. The molecular formula is C7H6ClLiO2. The van der Waals surface area contributed by atoms with Gasteiger partial charge in [-0.25, -0.2) is 4.79 Å². The van der Waals surface area contributed by atoms with E-state index in [-0.39, 0.29) is 18.9 Å². The molecule has 2 nitrogen and oxygen atoms in total. The molecule has 0 atom stereocenters. The summed E-state index contributed by atoms with van der Waals surface area (Å²) >= 11 is 4.84. The average Bonchev–Trinajstić information content (AvgIpc) is 2.05. The first-order valence-electron chi connectivity index (χ1n) is 2.72.